The molecule has 0 saturated heterocycles. The molecule has 6 aromatic carbocycles. The summed E-state index contributed by atoms with van der Waals surface area (Å²) in [6.07, 6.45) is 5.33. The maximum atomic E-state index is 13.8. The van der Waals surface area contributed by atoms with Gasteiger partial charge in [0.2, 0.25) is 0 Å². The fourth-order valence-corrected chi connectivity index (χ4v) is 5.90. The van der Waals surface area contributed by atoms with Gasteiger partial charge in [-0.15, -0.1) is 0 Å². The van der Waals surface area contributed by atoms with E-state index in [1.165, 1.54) is 18.2 Å². The molecule has 6 nitrogen and oxygen atoms in total. The summed E-state index contributed by atoms with van der Waals surface area (Å²) in [6.45, 7) is 1.48. The number of halogens is 2. The minimum absolute atomic E-state index is 0.0768. The molecule has 0 fully saturated rings. The molecule has 0 amide bonds. The van der Waals surface area contributed by atoms with Gasteiger partial charge >= 0.3 is 13.4 Å². The van der Waals surface area contributed by atoms with Gasteiger partial charge in [0.25, 0.3) is 0 Å². The Kier molecular flexibility index (Phi) is 12.8. The van der Waals surface area contributed by atoms with Crippen molar-refractivity contribution in [3.63, 3.8) is 0 Å². The number of ether oxygens (including phenoxy) is 1. The van der Waals surface area contributed by atoms with E-state index in [4.69, 9.17) is 9.39 Å². The Hall–Kier alpha value is -7.00. The van der Waals surface area contributed by atoms with E-state index in [0.717, 1.165) is 40.2 Å². The highest BCUT2D eigenvalue weighted by Gasteiger charge is 2.28. The molecule has 0 saturated carbocycles. The zero-order valence-electron chi connectivity index (χ0n) is 30.0. The van der Waals surface area contributed by atoms with E-state index < -0.39 is 30.6 Å². The number of carbonyl (C=O) groups is 2. The van der Waals surface area contributed by atoms with E-state index in [1.807, 2.05) is 158 Å². The summed E-state index contributed by atoms with van der Waals surface area (Å²) in [6, 6.07) is 54.4. The largest absolute Gasteiger partial charge is 0.796 e. The lowest BCUT2D eigenvalue weighted by Crippen LogP contribution is -2.19. The van der Waals surface area contributed by atoms with Crippen LogP contribution >= 0.6 is 0 Å². The number of anilines is 6. The van der Waals surface area contributed by atoms with Crippen LogP contribution in [0.4, 0.5) is 42.8 Å². The number of benzene rings is 6. The highest BCUT2D eigenvalue weighted by Crippen LogP contribution is 2.35. The zero-order chi connectivity index (χ0) is 38.4. The van der Waals surface area contributed by atoms with Crippen LogP contribution in [-0.2, 0) is 19.0 Å². The van der Waals surface area contributed by atoms with Crippen LogP contribution in [-0.4, -0.2) is 25.8 Å². The molecule has 0 bridgehead atoms. The van der Waals surface area contributed by atoms with Crippen LogP contribution in [0.15, 0.2) is 193 Å². The van der Waals surface area contributed by atoms with Crippen LogP contribution in [0.3, 0.4) is 0 Å². The molecule has 272 valence electrons. The van der Waals surface area contributed by atoms with E-state index in [9.17, 15) is 18.2 Å². The van der Waals surface area contributed by atoms with Crippen molar-refractivity contribution in [3.05, 3.63) is 204 Å². The Morgan fingerprint density at radius 2 is 0.873 bits per heavy atom. The molecule has 0 radical (unpaired) electrons. The summed E-state index contributed by atoms with van der Waals surface area (Å²) in [5.41, 5.74) is 6.20. The topological polar surface area (TPSA) is 59.1 Å². The molecule has 0 aliphatic carbocycles. The van der Waals surface area contributed by atoms with Crippen molar-refractivity contribution in [1.82, 2.24) is 0 Å². The number of carbonyl (C=O) groups excluding carboxylic acids is 2. The van der Waals surface area contributed by atoms with Gasteiger partial charge < -0.3 is 19.2 Å². The van der Waals surface area contributed by atoms with Gasteiger partial charge in [-0.25, -0.2) is 13.4 Å². The first kappa shape index (κ1) is 37.8. The van der Waals surface area contributed by atoms with E-state index >= 15 is 0 Å². The number of allylic oxidation sites excluding steroid dienone is 2. The number of rotatable bonds is 15. The van der Waals surface area contributed by atoms with Gasteiger partial charge in [-0.3, -0.25) is 4.79 Å². The molecule has 6 rings (SSSR count). The first-order valence-corrected chi connectivity index (χ1v) is 17.7. The summed E-state index contributed by atoms with van der Waals surface area (Å²) in [7, 11) is -3.31. The smallest absolute Gasteiger partial charge is 0.504 e. The van der Waals surface area contributed by atoms with Crippen molar-refractivity contribution in [1.29, 1.82) is 0 Å². The van der Waals surface area contributed by atoms with Gasteiger partial charge in [0, 0.05) is 34.1 Å². The fourth-order valence-electron chi connectivity index (χ4n) is 5.90. The van der Waals surface area contributed by atoms with Crippen molar-refractivity contribution in [3.8, 4) is 0 Å². The third-order valence-electron chi connectivity index (χ3n) is 8.40. The zero-order valence-corrected chi connectivity index (χ0v) is 30.0. The summed E-state index contributed by atoms with van der Waals surface area (Å²) in [5.74, 6) is -2.54. The number of ketones is 1. The maximum absolute atomic E-state index is 13.8. The maximum Gasteiger partial charge on any atom is 0.796 e. The van der Waals surface area contributed by atoms with Crippen LogP contribution < -0.4 is 9.80 Å². The predicted molar refractivity (Wildman–Crippen MR) is 218 cm³/mol. The average molecular weight is 731 g/mol. The van der Waals surface area contributed by atoms with E-state index in [1.54, 1.807) is 19.1 Å². The fraction of sp³-hybridized carbons (Fsp3) is 0.0435. The molecule has 0 heterocycles. The molecule has 0 N–H and O–H groups in total. The van der Waals surface area contributed by atoms with Gasteiger partial charge in [0.1, 0.15) is 11.3 Å². The Labute approximate surface area is 320 Å². The molecular weight excluding hydrogens is 693 g/mol. The molecular formula is C46H37BF2N2O4. The van der Waals surface area contributed by atoms with Crippen molar-refractivity contribution in [2.24, 2.45) is 0 Å². The second kappa shape index (κ2) is 18.7. The van der Waals surface area contributed by atoms with Crippen LogP contribution in [0.25, 0.3) is 12.2 Å². The van der Waals surface area contributed by atoms with Crippen molar-refractivity contribution in [2.75, 3.05) is 16.4 Å². The lowest BCUT2D eigenvalue weighted by atomic mass is 10.1. The van der Waals surface area contributed by atoms with Crippen LogP contribution in [0.5, 0.6) is 0 Å². The van der Waals surface area contributed by atoms with E-state index in [0.29, 0.717) is 11.1 Å². The van der Waals surface area contributed by atoms with Gasteiger partial charge in [-0.05, 0) is 103 Å². The molecule has 0 aliphatic rings. The Morgan fingerprint density at radius 1 is 0.527 bits per heavy atom. The number of nitrogens with zero attached hydrogens (tertiary/aromatic N) is 2. The van der Waals surface area contributed by atoms with Gasteiger partial charge in [0.15, 0.2) is 5.78 Å². The quantitative estimate of drug-likeness (QED) is 0.0199. The summed E-state index contributed by atoms with van der Waals surface area (Å²) in [5, 5.41) is 0. The Morgan fingerprint density at radius 3 is 1.22 bits per heavy atom. The van der Waals surface area contributed by atoms with Crippen LogP contribution in [0.2, 0.25) is 0 Å². The number of para-hydroxylation sites is 4. The third-order valence-corrected chi connectivity index (χ3v) is 8.40. The lowest BCUT2D eigenvalue weighted by Gasteiger charge is -2.25. The summed E-state index contributed by atoms with van der Waals surface area (Å²) < 4.78 is 37.4. The minimum Gasteiger partial charge on any atom is -0.504 e. The monoisotopic (exact) mass is 730 g/mol. The average Bonchev–Trinajstić information content (AvgIpc) is 3.22. The van der Waals surface area contributed by atoms with E-state index in [-0.39, 0.29) is 6.61 Å². The van der Waals surface area contributed by atoms with Crippen molar-refractivity contribution >= 4 is 65.5 Å². The molecule has 0 spiro atoms. The predicted octanol–water partition coefficient (Wildman–Crippen LogP) is 11.7. The highest BCUT2D eigenvalue weighted by molar-refractivity contribution is 6.35. The van der Waals surface area contributed by atoms with E-state index in [2.05, 4.69) is 9.80 Å². The van der Waals surface area contributed by atoms with Crippen molar-refractivity contribution < 1.29 is 27.6 Å². The molecule has 0 unspecified atom stereocenters. The number of hydrogen-bond donors (Lipinski definition) is 0. The number of hydrogen-bond acceptors (Lipinski definition) is 6. The molecule has 6 aromatic rings. The lowest BCUT2D eigenvalue weighted by molar-refractivity contribution is -0.139. The second-order valence-corrected chi connectivity index (χ2v) is 12.1. The van der Waals surface area contributed by atoms with Gasteiger partial charge in [-0.1, -0.05) is 109 Å². The van der Waals surface area contributed by atoms with Crippen LogP contribution in [0, 0.1) is 0 Å². The van der Waals surface area contributed by atoms with Crippen LogP contribution in [0.1, 0.15) is 18.1 Å². The molecule has 9 heteroatoms. The Balaban J connectivity index is 1.27. The Bertz CT molecular complexity index is 2170. The highest BCUT2D eigenvalue weighted by atomic mass is 19.2. The van der Waals surface area contributed by atoms with Crippen molar-refractivity contribution in [2.45, 2.75) is 6.92 Å². The van der Waals surface area contributed by atoms with Gasteiger partial charge in [-0.2, -0.15) is 0 Å². The van der Waals surface area contributed by atoms with Gasteiger partial charge in [0.05, 0.1) is 6.61 Å². The standard InChI is InChI=1S/C46H37BF2N2O4/c1-2-54-46(53)45(43(52)33-27-35-23-29-41(30-24-35)50(37-15-7-3-8-16-37)38-17-9-4-10-18-38)44(55-47(48)49)34-28-36-25-31-42(32-26-36)51(39-19-11-5-12-20-39)40-21-13-6-14-22-40/h3-34H,2H2,1H3/b33-27+,34-28+,45-44-. The molecule has 0 atom stereocenters. The molecule has 0 aliphatic heterocycles. The minimum atomic E-state index is -3.31. The first-order chi connectivity index (χ1) is 26.9. The molecule has 55 heavy (non-hydrogen) atoms. The summed E-state index contributed by atoms with van der Waals surface area (Å²) in [4.78, 5) is 30.9. The number of esters is 1. The first-order valence-electron chi connectivity index (χ1n) is 17.7. The summed E-state index contributed by atoms with van der Waals surface area (Å²) >= 11 is 0. The normalized spacial score (nSPS) is 11.5. The SMILES string of the molecule is CCOC(=O)/C(C(=O)/C=C/c1ccc(N(c2ccccc2)c2ccccc2)cc1)=C(/C=C/c1ccc(N(c2ccccc2)c2ccccc2)cc1)OB(F)F. The second-order valence-electron chi connectivity index (χ2n) is 12.1. The third kappa shape index (κ3) is 9.91. The molecule has 0 aromatic heterocycles.